The molecule has 0 aliphatic carbocycles. The van der Waals surface area contributed by atoms with Crippen molar-refractivity contribution in [3.63, 3.8) is 0 Å². The van der Waals surface area contributed by atoms with Gasteiger partial charge in [0.1, 0.15) is 28.9 Å². The van der Waals surface area contributed by atoms with E-state index in [0.29, 0.717) is 11.1 Å². The Morgan fingerprint density at radius 3 is 2.55 bits per heavy atom. The molecule has 29 heavy (non-hydrogen) atoms. The third-order valence-corrected chi connectivity index (χ3v) is 4.03. The van der Waals surface area contributed by atoms with Crippen molar-refractivity contribution < 1.29 is 32.6 Å². The van der Waals surface area contributed by atoms with Crippen LogP contribution in [0.25, 0.3) is 22.3 Å². The lowest BCUT2D eigenvalue weighted by Crippen LogP contribution is -2.26. The van der Waals surface area contributed by atoms with Gasteiger partial charge in [0.15, 0.2) is 6.10 Å². The Bertz CT molecular complexity index is 1090. The van der Waals surface area contributed by atoms with E-state index in [1.54, 1.807) is 26.8 Å². The van der Waals surface area contributed by atoms with Crippen LogP contribution in [0.2, 0.25) is 0 Å². The quantitative estimate of drug-likeness (QED) is 0.554. The molecule has 0 amide bonds. The van der Waals surface area contributed by atoms with Crippen LogP contribution >= 0.6 is 0 Å². The zero-order valence-corrected chi connectivity index (χ0v) is 16.2. The molecule has 2 aromatic heterocycles. The maximum atomic E-state index is 12.8. The third-order valence-electron chi connectivity index (χ3n) is 4.03. The number of benzene rings is 1. The molecule has 1 atom stereocenters. The van der Waals surface area contributed by atoms with Crippen LogP contribution in [0.1, 0.15) is 31.3 Å². The molecule has 0 saturated carbocycles. The third kappa shape index (κ3) is 4.31. The van der Waals surface area contributed by atoms with E-state index in [0.717, 1.165) is 0 Å². The highest BCUT2D eigenvalue weighted by atomic mass is 16.6. The van der Waals surface area contributed by atoms with Crippen molar-refractivity contribution in [2.45, 2.75) is 26.9 Å². The smallest absolute Gasteiger partial charge is 0.374 e. The molecule has 8 heteroatoms. The van der Waals surface area contributed by atoms with E-state index in [2.05, 4.69) is 0 Å². The number of furan rings is 1. The number of hydrogen-bond acceptors (Lipinski definition) is 8. The SMILES string of the molecule is CCOC(=O)c1ccc(-c2coc3cc(O[C@H](C)C(=O)OCC)ccc3c2=O)o1. The van der Waals surface area contributed by atoms with Crippen LogP contribution in [-0.4, -0.2) is 31.3 Å². The first-order chi connectivity index (χ1) is 13.9. The largest absolute Gasteiger partial charge is 0.479 e. The highest BCUT2D eigenvalue weighted by molar-refractivity contribution is 5.87. The fourth-order valence-corrected chi connectivity index (χ4v) is 2.66. The highest BCUT2D eigenvalue weighted by Gasteiger charge is 2.19. The lowest BCUT2D eigenvalue weighted by atomic mass is 10.1. The van der Waals surface area contributed by atoms with E-state index >= 15 is 0 Å². The summed E-state index contributed by atoms with van der Waals surface area (Å²) in [6, 6.07) is 7.55. The summed E-state index contributed by atoms with van der Waals surface area (Å²) in [5.41, 5.74) is 0.118. The van der Waals surface area contributed by atoms with Crippen LogP contribution in [0.15, 0.2) is 50.2 Å². The minimum atomic E-state index is -0.803. The number of carbonyl (C=O) groups excluding carboxylic acids is 2. The van der Waals surface area contributed by atoms with E-state index < -0.39 is 18.0 Å². The predicted octanol–water partition coefficient (Wildman–Crippen LogP) is 3.56. The first-order valence-electron chi connectivity index (χ1n) is 9.10. The van der Waals surface area contributed by atoms with Gasteiger partial charge in [-0.1, -0.05) is 0 Å². The van der Waals surface area contributed by atoms with Crippen LogP contribution in [-0.2, 0) is 14.3 Å². The summed E-state index contributed by atoms with van der Waals surface area (Å²) >= 11 is 0. The molecule has 1 aromatic carbocycles. The number of rotatable bonds is 7. The maximum absolute atomic E-state index is 12.8. The average molecular weight is 400 g/mol. The van der Waals surface area contributed by atoms with Gasteiger partial charge in [-0.15, -0.1) is 0 Å². The fourth-order valence-electron chi connectivity index (χ4n) is 2.66. The van der Waals surface area contributed by atoms with E-state index in [4.69, 9.17) is 23.0 Å². The van der Waals surface area contributed by atoms with Gasteiger partial charge in [-0.3, -0.25) is 4.79 Å². The first kappa shape index (κ1) is 20.2. The normalized spacial score (nSPS) is 11.8. The average Bonchev–Trinajstić information content (AvgIpc) is 3.18. The molecule has 0 spiro atoms. The van der Waals surface area contributed by atoms with E-state index in [1.165, 1.54) is 30.5 Å². The molecule has 0 fully saturated rings. The Morgan fingerprint density at radius 2 is 1.83 bits per heavy atom. The minimum absolute atomic E-state index is 0.00181. The fraction of sp³-hybridized carbons (Fsp3) is 0.286. The van der Waals surface area contributed by atoms with Crippen LogP contribution in [0.4, 0.5) is 0 Å². The van der Waals surface area contributed by atoms with Crippen molar-refractivity contribution in [1.82, 2.24) is 0 Å². The summed E-state index contributed by atoms with van der Waals surface area (Å²) in [7, 11) is 0. The first-order valence-corrected chi connectivity index (χ1v) is 9.10. The van der Waals surface area contributed by atoms with Crippen LogP contribution in [0.5, 0.6) is 5.75 Å². The van der Waals surface area contributed by atoms with Gasteiger partial charge in [-0.2, -0.15) is 0 Å². The minimum Gasteiger partial charge on any atom is -0.479 e. The summed E-state index contributed by atoms with van der Waals surface area (Å²) < 4.78 is 26.3. The zero-order chi connectivity index (χ0) is 21.0. The van der Waals surface area contributed by atoms with Crippen molar-refractivity contribution in [3.05, 3.63) is 52.6 Å². The molecular formula is C21H20O8. The van der Waals surface area contributed by atoms with Crippen molar-refractivity contribution in [1.29, 1.82) is 0 Å². The van der Waals surface area contributed by atoms with Gasteiger partial charge < -0.3 is 23.0 Å². The number of esters is 2. The van der Waals surface area contributed by atoms with Gasteiger partial charge >= 0.3 is 11.9 Å². The number of fused-ring (bicyclic) bond motifs is 1. The van der Waals surface area contributed by atoms with Crippen molar-refractivity contribution in [3.8, 4) is 17.1 Å². The lowest BCUT2D eigenvalue weighted by molar-refractivity contribution is -0.150. The van der Waals surface area contributed by atoms with Gasteiger partial charge in [0.05, 0.1) is 18.6 Å². The van der Waals surface area contributed by atoms with Gasteiger partial charge in [0.2, 0.25) is 11.2 Å². The summed E-state index contributed by atoms with van der Waals surface area (Å²) in [4.78, 5) is 36.2. The Kier molecular flexibility index (Phi) is 6.01. The Morgan fingerprint density at radius 1 is 1.07 bits per heavy atom. The summed E-state index contributed by atoms with van der Waals surface area (Å²) in [5, 5.41) is 0.299. The second-order valence-corrected chi connectivity index (χ2v) is 6.03. The van der Waals surface area contributed by atoms with Crippen molar-refractivity contribution >= 4 is 22.9 Å². The number of ether oxygens (including phenoxy) is 3. The van der Waals surface area contributed by atoms with E-state index in [1.807, 2.05) is 0 Å². The maximum Gasteiger partial charge on any atom is 0.374 e. The van der Waals surface area contributed by atoms with Crippen molar-refractivity contribution in [2.24, 2.45) is 0 Å². The molecule has 0 unspecified atom stereocenters. The second-order valence-electron chi connectivity index (χ2n) is 6.03. The van der Waals surface area contributed by atoms with Crippen LogP contribution < -0.4 is 10.2 Å². The Hall–Kier alpha value is -3.55. The van der Waals surface area contributed by atoms with E-state index in [9.17, 15) is 14.4 Å². The second kappa shape index (κ2) is 8.64. The summed E-state index contributed by atoms with van der Waals surface area (Å²) in [5.74, 6) is -0.546. The van der Waals surface area contributed by atoms with Gasteiger partial charge in [0, 0.05) is 6.07 Å². The monoisotopic (exact) mass is 400 g/mol. The van der Waals surface area contributed by atoms with Gasteiger partial charge in [-0.25, -0.2) is 9.59 Å². The molecule has 0 N–H and O–H groups in total. The molecule has 8 nitrogen and oxygen atoms in total. The number of hydrogen-bond donors (Lipinski definition) is 0. The highest BCUT2D eigenvalue weighted by Crippen LogP contribution is 2.25. The number of carbonyl (C=O) groups is 2. The molecule has 3 rings (SSSR count). The van der Waals surface area contributed by atoms with Gasteiger partial charge in [-0.05, 0) is 45.0 Å². The summed E-state index contributed by atoms with van der Waals surface area (Å²) in [6.07, 6.45) is 0.444. The Balaban J connectivity index is 1.88. The Labute approximate surface area is 166 Å². The molecule has 0 bridgehead atoms. The zero-order valence-electron chi connectivity index (χ0n) is 16.2. The molecule has 0 radical (unpaired) electrons. The van der Waals surface area contributed by atoms with Gasteiger partial charge in [0.25, 0.3) is 0 Å². The molecule has 2 heterocycles. The standard InChI is InChI=1S/C21H20O8/c1-4-25-20(23)12(3)28-13-6-7-14-18(10-13)27-11-15(19(14)22)16-8-9-17(29-16)21(24)26-5-2/h6-12H,4-5H2,1-3H3/t12-/m1/s1. The molecule has 152 valence electrons. The van der Waals surface area contributed by atoms with E-state index in [-0.39, 0.29) is 41.3 Å². The van der Waals surface area contributed by atoms with Crippen LogP contribution in [0.3, 0.4) is 0 Å². The molecule has 3 aromatic rings. The molecule has 0 aliphatic heterocycles. The molecule has 0 aliphatic rings. The van der Waals surface area contributed by atoms with Crippen molar-refractivity contribution in [2.75, 3.05) is 13.2 Å². The molecule has 0 saturated heterocycles. The van der Waals surface area contributed by atoms with Crippen LogP contribution in [0, 0.1) is 0 Å². The lowest BCUT2D eigenvalue weighted by Gasteiger charge is -2.13. The predicted molar refractivity (Wildman–Crippen MR) is 103 cm³/mol. The topological polar surface area (TPSA) is 105 Å². The summed E-state index contributed by atoms with van der Waals surface area (Å²) in [6.45, 7) is 5.44. The molecular weight excluding hydrogens is 380 g/mol.